The lowest BCUT2D eigenvalue weighted by Gasteiger charge is -2.16. The van der Waals surface area contributed by atoms with E-state index in [0.29, 0.717) is 41.7 Å². The van der Waals surface area contributed by atoms with E-state index in [2.05, 4.69) is 15.5 Å². The van der Waals surface area contributed by atoms with Crippen molar-refractivity contribution in [1.82, 2.24) is 15.1 Å². The van der Waals surface area contributed by atoms with Crippen LogP contribution in [0.25, 0.3) is 0 Å². The van der Waals surface area contributed by atoms with Gasteiger partial charge in [-0.15, -0.1) is 0 Å². The summed E-state index contributed by atoms with van der Waals surface area (Å²) in [6.07, 6.45) is 0.157. The van der Waals surface area contributed by atoms with Gasteiger partial charge in [0.1, 0.15) is 17.2 Å². The van der Waals surface area contributed by atoms with Gasteiger partial charge < -0.3 is 25.4 Å². The number of carbonyl (C=O) groups is 3. The van der Waals surface area contributed by atoms with Crippen molar-refractivity contribution in [1.29, 1.82) is 0 Å². The minimum Gasteiger partial charge on any atom is -0.484 e. The molecule has 0 radical (unpaired) electrons. The van der Waals surface area contributed by atoms with Gasteiger partial charge in [-0.1, -0.05) is 30.3 Å². The van der Waals surface area contributed by atoms with Gasteiger partial charge >= 0.3 is 0 Å². The molecule has 0 fully saturated rings. The summed E-state index contributed by atoms with van der Waals surface area (Å²) in [5.74, 6) is 1.21. The minimum atomic E-state index is -0.574. The van der Waals surface area contributed by atoms with Gasteiger partial charge in [0, 0.05) is 11.1 Å². The number of nitrogens with one attached hydrogen (secondary N) is 2. The van der Waals surface area contributed by atoms with Crippen molar-refractivity contribution in [2.45, 2.75) is 19.5 Å². The van der Waals surface area contributed by atoms with Crippen molar-refractivity contribution >= 4 is 23.5 Å². The van der Waals surface area contributed by atoms with Crippen molar-refractivity contribution in [3.05, 3.63) is 101 Å². The Hall–Kier alpha value is -5.12. The highest BCUT2D eigenvalue weighted by Gasteiger charge is 2.29. The average molecular weight is 512 g/mol. The third-order valence-corrected chi connectivity index (χ3v) is 5.97. The summed E-state index contributed by atoms with van der Waals surface area (Å²) in [6, 6.07) is 23.2. The zero-order chi connectivity index (χ0) is 26.5. The molecule has 3 aromatic carbocycles. The molecule has 4 aromatic rings. The highest BCUT2D eigenvalue weighted by molar-refractivity contribution is 6.04. The fourth-order valence-electron chi connectivity index (χ4n) is 4.08. The van der Waals surface area contributed by atoms with E-state index in [9.17, 15) is 14.4 Å². The van der Waals surface area contributed by atoms with Crippen LogP contribution in [-0.2, 0) is 29.1 Å². The zero-order valence-electron chi connectivity index (χ0n) is 20.3. The summed E-state index contributed by atoms with van der Waals surface area (Å²) < 4.78 is 11.1. The SMILES string of the molecule is NC(=O)COc1cccc(CC(=O)N2Cc3[nH]nc(NC(=O)c4ccc(Oc5ccccc5)cc4)c3C2)c1. The Bertz CT molecular complexity index is 1470. The second-order valence-corrected chi connectivity index (χ2v) is 8.75. The van der Waals surface area contributed by atoms with E-state index in [0.717, 1.165) is 16.8 Å². The van der Waals surface area contributed by atoms with Crippen LogP contribution in [0.4, 0.5) is 5.82 Å². The number of ether oxygens (including phenoxy) is 2. The molecule has 3 amide bonds. The van der Waals surface area contributed by atoms with E-state index < -0.39 is 5.91 Å². The van der Waals surface area contributed by atoms with Crippen molar-refractivity contribution in [2.24, 2.45) is 5.73 Å². The highest BCUT2D eigenvalue weighted by Crippen LogP contribution is 2.28. The second-order valence-electron chi connectivity index (χ2n) is 8.75. The monoisotopic (exact) mass is 511 g/mol. The molecule has 2 heterocycles. The van der Waals surface area contributed by atoms with Crippen molar-refractivity contribution in [3.8, 4) is 17.2 Å². The average Bonchev–Trinajstić information content (AvgIpc) is 3.51. The van der Waals surface area contributed by atoms with Crippen LogP contribution in [-0.4, -0.2) is 39.4 Å². The Labute approximate surface area is 218 Å². The quantitative estimate of drug-likeness (QED) is 0.315. The van der Waals surface area contributed by atoms with Gasteiger partial charge in [0.25, 0.3) is 11.8 Å². The maximum absolute atomic E-state index is 13.0. The molecule has 0 saturated carbocycles. The van der Waals surface area contributed by atoms with Crippen LogP contribution in [0.3, 0.4) is 0 Å². The number of para-hydroxylation sites is 1. The molecule has 0 spiro atoms. The van der Waals surface area contributed by atoms with Crippen LogP contribution >= 0.6 is 0 Å². The van der Waals surface area contributed by atoms with Crippen LogP contribution < -0.4 is 20.5 Å². The number of nitrogens with two attached hydrogens (primary N) is 1. The lowest BCUT2D eigenvalue weighted by Crippen LogP contribution is -2.27. The first-order chi connectivity index (χ1) is 18.4. The Morgan fingerprint density at radius 3 is 2.42 bits per heavy atom. The number of primary amides is 1. The molecular weight excluding hydrogens is 486 g/mol. The summed E-state index contributed by atoms with van der Waals surface area (Å²) in [4.78, 5) is 38.4. The fourth-order valence-corrected chi connectivity index (χ4v) is 4.08. The van der Waals surface area contributed by atoms with Gasteiger partial charge in [0.05, 0.1) is 25.2 Å². The van der Waals surface area contributed by atoms with Gasteiger partial charge in [-0.3, -0.25) is 19.5 Å². The third kappa shape index (κ3) is 5.81. The number of aromatic amines is 1. The van der Waals surface area contributed by atoms with E-state index in [1.807, 2.05) is 36.4 Å². The van der Waals surface area contributed by atoms with Crippen LogP contribution in [0.5, 0.6) is 17.2 Å². The Morgan fingerprint density at radius 2 is 1.66 bits per heavy atom. The number of carbonyl (C=O) groups excluding carboxylic acids is 3. The highest BCUT2D eigenvalue weighted by atomic mass is 16.5. The molecule has 1 aliphatic heterocycles. The Morgan fingerprint density at radius 1 is 0.921 bits per heavy atom. The lowest BCUT2D eigenvalue weighted by atomic mass is 10.1. The molecule has 0 bridgehead atoms. The Kier molecular flexibility index (Phi) is 7.03. The largest absolute Gasteiger partial charge is 0.484 e. The Balaban J connectivity index is 1.18. The van der Waals surface area contributed by atoms with Gasteiger partial charge in [0.15, 0.2) is 12.4 Å². The van der Waals surface area contributed by atoms with E-state index in [4.69, 9.17) is 15.2 Å². The van der Waals surface area contributed by atoms with Crippen LogP contribution in [0, 0.1) is 0 Å². The summed E-state index contributed by atoms with van der Waals surface area (Å²) in [6.45, 7) is 0.452. The molecule has 10 nitrogen and oxygen atoms in total. The molecule has 4 N–H and O–H groups in total. The van der Waals surface area contributed by atoms with Crippen LogP contribution in [0.15, 0.2) is 78.9 Å². The van der Waals surface area contributed by atoms with Crippen molar-refractivity contribution in [3.63, 3.8) is 0 Å². The predicted octanol–water partition coefficient (Wildman–Crippen LogP) is 3.40. The number of rotatable bonds is 9. The minimum absolute atomic E-state index is 0.0899. The number of anilines is 1. The summed E-state index contributed by atoms with van der Waals surface area (Å²) in [5.41, 5.74) is 7.87. The number of hydrogen-bond donors (Lipinski definition) is 3. The smallest absolute Gasteiger partial charge is 0.256 e. The lowest BCUT2D eigenvalue weighted by molar-refractivity contribution is -0.131. The molecule has 10 heteroatoms. The first kappa shape index (κ1) is 24.6. The summed E-state index contributed by atoms with van der Waals surface area (Å²) >= 11 is 0. The topological polar surface area (TPSA) is 140 Å². The second kappa shape index (κ2) is 10.9. The first-order valence-corrected chi connectivity index (χ1v) is 11.9. The van der Waals surface area contributed by atoms with Crippen LogP contribution in [0.2, 0.25) is 0 Å². The molecule has 5 rings (SSSR count). The molecule has 192 valence electrons. The number of amides is 3. The van der Waals surface area contributed by atoms with E-state index in [-0.39, 0.29) is 24.8 Å². The normalized spacial score (nSPS) is 12.1. The van der Waals surface area contributed by atoms with E-state index in [1.165, 1.54) is 0 Å². The number of H-pyrrole nitrogens is 1. The summed E-state index contributed by atoms with van der Waals surface area (Å²) in [5, 5.41) is 9.98. The van der Waals surface area contributed by atoms with Crippen molar-refractivity contribution < 1.29 is 23.9 Å². The predicted molar refractivity (Wildman–Crippen MR) is 139 cm³/mol. The number of hydrogen-bond acceptors (Lipinski definition) is 6. The maximum atomic E-state index is 13.0. The van der Waals surface area contributed by atoms with Gasteiger partial charge in [-0.05, 0) is 54.1 Å². The molecule has 0 atom stereocenters. The van der Waals surface area contributed by atoms with E-state index >= 15 is 0 Å². The third-order valence-electron chi connectivity index (χ3n) is 5.97. The van der Waals surface area contributed by atoms with Crippen LogP contribution in [0.1, 0.15) is 27.2 Å². The zero-order valence-corrected chi connectivity index (χ0v) is 20.3. The number of nitrogens with zero attached hydrogens (tertiary/aromatic N) is 2. The summed E-state index contributed by atoms with van der Waals surface area (Å²) in [7, 11) is 0. The first-order valence-electron chi connectivity index (χ1n) is 11.9. The van der Waals surface area contributed by atoms with Crippen molar-refractivity contribution in [2.75, 3.05) is 11.9 Å². The molecule has 1 aliphatic rings. The number of benzene rings is 3. The molecular formula is C28H25N5O5. The molecule has 0 saturated heterocycles. The number of fused-ring (bicyclic) bond motifs is 1. The number of aromatic nitrogens is 2. The van der Waals surface area contributed by atoms with Gasteiger partial charge in [-0.2, -0.15) is 5.10 Å². The van der Waals surface area contributed by atoms with E-state index in [1.54, 1.807) is 47.4 Å². The molecule has 1 aromatic heterocycles. The standard InChI is InChI=1S/C28H25N5O5/c29-25(34)17-37-22-8-4-5-18(13-22)14-26(35)33-15-23-24(16-33)31-32-27(23)30-28(36)19-9-11-21(12-10-19)38-20-6-2-1-3-7-20/h1-13H,14-17H2,(H2,29,34)(H2,30,31,32,36). The molecule has 38 heavy (non-hydrogen) atoms. The maximum Gasteiger partial charge on any atom is 0.256 e. The molecule has 0 aliphatic carbocycles. The molecule has 0 unspecified atom stereocenters. The van der Waals surface area contributed by atoms with Gasteiger partial charge in [-0.25, -0.2) is 0 Å². The fraction of sp³-hybridized carbons (Fsp3) is 0.143. The van der Waals surface area contributed by atoms with Gasteiger partial charge in [0.2, 0.25) is 5.91 Å².